The Morgan fingerprint density at radius 1 is 1.42 bits per heavy atom. The summed E-state index contributed by atoms with van der Waals surface area (Å²) in [5.74, 6) is 0.298. The van der Waals surface area contributed by atoms with Gasteiger partial charge in [-0.05, 0) is 38.7 Å². The third kappa shape index (κ3) is 3.02. The normalized spacial score (nSPS) is 19.9. The van der Waals surface area contributed by atoms with Gasteiger partial charge in [-0.25, -0.2) is 4.98 Å². The van der Waals surface area contributed by atoms with Crippen LogP contribution in [0.4, 0.5) is 0 Å². The second kappa shape index (κ2) is 6.51. The van der Waals surface area contributed by atoms with E-state index in [1.54, 1.807) is 6.92 Å². The Kier molecular flexibility index (Phi) is 4.58. The number of amides is 1. The number of fused-ring (bicyclic) bond motifs is 1. The number of aliphatic hydroxyl groups is 1. The molecule has 0 bridgehead atoms. The predicted octanol–water partition coefficient (Wildman–Crippen LogP) is 2.89. The van der Waals surface area contributed by atoms with Crippen LogP contribution in [0.2, 0.25) is 0 Å². The van der Waals surface area contributed by atoms with Crippen molar-refractivity contribution in [2.75, 3.05) is 13.1 Å². The maximum Gasteiger partial charge on any atom is 0.259 e. The van der Waals surface area contributed by atoms with Crippen LogP contribution in [0.3, 0.4) is 0 Å². The predicted molar refractivity (Wildman–Crippen MR) is 90.9 cm³/mol. The lowest BCUT2D eigenvalue weighted by atomic mass is 9.92. The molecule has 2 aromatic heterocycles. The highest BCUT2D eigenvalue weighted by Gasteiger charge is 2.29. The maximum atomic E-state index is 13.2. The van der Waals surface area contributed by atoms with Gasteiger partial charge >= 0.3 is 0 Å². The zero-order valence-electron chi connectivity index (χ0n) is 14.7. The van der Waals surface area contributed by atoms with E-state index in [1.165, 1.54) is 0 Å². The highest BCUT2D eigenvalue weighted by Crippen LogP contribution is 2.28. The first-order valence-corrected chi connectivity index (χ1v) is 8.62. The summed E-state index contributed by atoms with van der Waals surface area (Å²) in [5, 5.41) is 14.6. The fourth-order valence-electron chi connectivity index (χ4n) is 3.34. The Hall–Kier alpha value is -1.95. The maximum absolute atomic E-state index is 13.2. The Labute approximate surface area is 141 Å². The molecule has 130 valence electrons. The van der Waals surface area contributed by atoms with Crippen molar-refractivity contribution in [1.82, 2.24) is 15.0 Å². The van der Waals surface area contributed by atoms with Crippen molar-refractivity contribution in [2.45, 2.75) is 52.6 Å². The molecule has 1 aliphatic rings. The first kappa shape index (κ1) is 16.9. The minimum Gasteiger partial charge on any atom is -0.393 e. The second-order valence-corrected chi connectivity index (χ2v) is 7.09. The molecule has 1 saturated heterocycles. The summed E-state index contributed by atoms with van der Waals surface area (Å²) in [6.07, 6.45) is 1.47. The number of rotatable bonds is 3. The van der Waals surface area contributed by atoms with Crippen LogP contribution in [0, 0.1) is 12.8 Å². The summed E-state index contributed by atoms with van der Waals surface area (Å²) in [6, 6.07) is 1.87. The first-order chi connectivity index (χ1) is 11.4. The van der Waals surface area contributed by atoms with Crippen molar-refractivity contribution in [3.8, 4) is 0 Å². The van der Waals surface area contributed by atoms with Crippen molar-refractivity contribution in [2.24, 2.45) is 5.92 Å². The standard InChI is InChI=1S/C18H25N3O3/c1-10(2)15-8-14(16-11(3)20-24-17(16)19-15)18(23)21-7-5-6-13(9-21)12(4)22/h8,10,12-13,22H,5-7,9H2,1-4H3. The molecule has 1 fully saturated rings. The molecule has 1 amide bonds. The summed E-state index contributed by atoms with van der Waals surface area (Å²) in [4.78, 5) is 19.5. The molecule has 24 heavy (non-hydrogen) atoms. The van der Waals surface area contributed by atoms with Crippen LogP contribution in [0.15, 0.2) is 10.6 Å². The lowest BCUT2D eigenvalue weighted by Crippen LogP contribution is -2.43. The van der Waals surface area contributed by atoms with Crippen LogP contribution >= 0.6 is 0 Å². The van der Waals surface area contributed by atoms with E-state index >= 15 is 0 Å². The van der Waals surface area contributed by atoms with Crippen LogP contribution < -0.4 is 0 Å². The van der Waals surface area contributed by atoms with Gasteiger partial charge in [0.25, 0.3) is 11.6 Å². The monoisotopic (exact) mass is 331 g/mol. The first-order valence-electron chi connectivity index (χ1n) is 8.62. The average Bonchev–Trinajstić information content (AvgIpc) is 2.94. The summed E-state index contributed by atoms with van der Waals surface area (Å²) in [6.45, 7) is 9.00. The lowest BCUT2D eigenvalue weighted by molar-refractivity contribution is 0.0467. The summed E-state index contributed by atoms with van der Waals surface area (Å²) >= 11 is 0. The molecule has 0 aromatic carbocycles. The van der Waals surface area contributed by atoms with Crippen molar-refractivity contribution in [3.63, 3.8) is 0 Å². The number of hydrogen-bond donors (Lipinski definition) is 1. The summed E-state index contributed by atoms with van der Waals surface area (Å²) in [5.41, 5.74) is 2.53. The molecule has 1 aliphatic heterocycles. The Bertz CT molecular complexity index is 751. The molecule has 3 heterocycles. The molecule has 2 atom stereocenters. The minimum absolute atomic E-state index is 0.0269. The van der Waals surface area contributed by atoms with Crippen LogP contribution in [0.5, 0.6) is 0 Å². The van der Waals surface area contributed by atoms with Gasteiger partial charge in [0.05, 0.1) is 22.7 Å². The SMILES string of the molecule is Cc1noc2nc(C(C)C)cc(C(=O)N3CCCC(C(C)O)C3)c12. The van der Waals surface area contributed by atoms with E-state index < -0.39 is 6.10 Å². The number of aliphatic hydroxyl groups excluding tert-OH is 1. The van der Waals surface area contributed by atoms with Gasteiger partial charge in [-0.2, -0.15) is 0 Å². The quantitative estimate of drug-likeness (QED) is 0.935. The number of nitrogens with zero attached hydrogens (tertiary/aromatic N) is 3. The fourth-order valence-corrected chi connectivity index (χ4v) is 3.34. The molecule has 2 aromatic rings. The Morgan fingerprint density at radius 3 is 2.83 bits per heavy atom. The smallest absolute Gasteiger partial charge is 0.259 e. The lowest BCUT2D eigenvalue weighted by Gasteiger charge is -2.34. The van der Waals surface area contributed by atoms with Gasteiger partial charge in [0.2, 0.25) is 0 Å². The summed E-state index contributed by atoms with van der Waals surface area (Å²) in [7, 11) is 0. The molecule has 1 N–H and O–H groups in total. The van der Waals surface area contributed by atoms with Gasteiger partial charge in [-0.3, -0.25) is 4.79 Å². The largest absolute Gasteiger partial charge is 0.393 e. The highest BCUT2D eigenvalue weighted by atomic mass is 16.5. The molecule has 0 spiro atoms. The second-order valence-electron chi connectivity index (χ2n) is 7.09. The highest BCUT2D eigenvalue weighted by molar-refractivity contribution is 6.06. The number of piperidine rings is 1. The van der Waals surface area contributed by atoms with Crippen molar-refractivity contribution in [1.29, 1.82) is 0 Å². The third-order valence-corrected chi connectivity index (χ3v) is 4.89. The fraction of sp³-hybridized carbons (Fsp3) is 0.611. The molecular formula is C18H25N3O3. The van der Waals surface area contributed by atoms with Gasteiger partial charge in [-0.1, -0.05) is 19.0 Å². The van der Waals surface area contributed by atoms with E-state index in [2.05, 4.69) is 10.1 Å². The van der Waals surface area contributed by atoms with Gasteiger partial charge < -0.3 is 14.5 Å². The Balaban J connectivity index is 2.01. The molecule has 2 unspecified atom stereocenters. The summed E-state index contributed by atoms with van der Waals surface area (Å²) < 4.78 is 5.31. The Morgan fingerprint density at radius 2 is 2.17 bits per heavy atom. The van der Waals surface area contributed by atoms with Crippen LogP contribution in [-0.4, -0.2) is 45.2 Å². The van der Waals surface area contributed by atoms with Gasteiger partial charge in [-0.15, -0.1) is 0 Å². The molecule has 0 aliphatic carbocycles. The molecule has 6 nitrogen and oxygen atoms in total. The van der Waals surface area contributed by atoms with Gasteiger partial charge in [0.1, 0.15) is 0 Å². The molecule has 0 radical (unpaired) electrons. The van der Waals surface area contributed by atoms with E-state index in [9.17, 15) is 9.90 Å². The zero-order valence-corrected chi connectivity index (χ0v) is 14.7. The number of likely N-dealkylation sites (tertiary alicyclic amines) is 1. The topological polar surface area (TPSA) is 79.5 Å². The van der Waals surface area contributed by atoms with Crippen molar-refractivity contribution in [3.05, 3.63) is 23.0 Å². The number of carbonyl (C=O) groups is 1. The number of hydrogen-bond acceptors (Lipinski definition) is 5. The number of aromatic nitrogens is 2. The number of pyridine rings is 1. The van der Waals surface area contributed by atoms with E-state index in [0.29, 0.717) is 35.4 Å². The number of carbonyl (C=O) groups excluding carboxylic acids is 1. The minimum atomic E-state index is -0.401. The van der Waals surface area contributed by atoms with Crippen LogP contribution in [0.25, 0.3) is 11.1 Å². The third-order valence-electron chi connectivity index (χ3n) is 4.89. The molecule has 0 saturated carbocycles. The van der Waals surface area contributed by atoms with Crippen molar-refractivity contribution < 1.29 is 14.4 Å². The van der Waals surface area contributed by atoms with Crippen LogP contribution in [0.1, 0.15) is 61.3 Å². The number of aryl methyl sites for hydroxylation is 1. The zero-order chi connectivity index (χ0) is 17.4. The van der Waals surface area contributed by atoms with Gasteiger partial charge in [0, 0.05) is 24.7 Å². The van der Waals surface area contributed by atoms with Crippen molar-refractivity contribution >= 4 is 17.0 Å². The molecule has 6 heteroatoms. The van der Waals surface area contributed by atoms with E-state index in [-0.39, 0.29) is 17.7 Å². The molecule has 3 rings (SSSR count). The van der Waals surface area contributed by atoms with Crippen LogP contribution in [-0.2, 0) is 0 Å². The average molecular weight is 331 g/mol. The van der Waals surface area contributed by atoms with E-state index in [0.717, 1.165) is 18.5 Å². The molecular weight excluding hydrogens is 306 g/mol. The van der Waals surface area contributed by atoms with Gasteiger partial charge in [0.15, 0.2) is 0 Å². The van der Waals surface area contributed by atoms with E-state index in [1.807, 2.05) is 31.7 Å². The van der Waals surface area contributed by atoms with E-state index in [4.69, 9.17) is 4.52 Å².